The molecular weight excluding hydrogens is 382 g/mol. The number of benzene rings is 2. The van der Waals surface area contributed by atoms with Gasteiger partial charge in [-0.25, -0.2) is 8.42 Å². The van der Waals surface area contributed by atoms with Crippen LogP contribution in [0.2, 0.25) is 0 Å². The first kappa shape index (κ1) is 19.1. The molecule has 0 spiro atoms. The third kappa shape index (κ3) is 4.37. The van der Waals surface area contributed by atoms with Gasteiger partial charge >= 0.3 is 0 Å². The molecule has 3 aromatic rings. The molecule has 0 aliphatic heterocycles. The summed E-state index contributed by atoms with van der Waals surface area (Å²) in [5.74, 6) is 0.279. The van der Waals surface area contributed by atoms with E-state index >= 15 is 0 Å². The highest BCUT2D eigenvalue weighted by Crippen LogP contribution is 2.32. The van der Waals surface area contributed by atoms with Crippen molar-refractivity contribution in [1.82, 2.24) is 5.32 Å². The van der Waals surface area contributed by atoms with Crippen LogP contribution in [-0.4, -0.2) is 28.0 Å². The van der Waals surface area contributed by atoms with Gasteiger partial charge in [-0.15, -0.1) is 11.3 Å². The van der Waals surface area contributed by atoms with Crippen LogP contribution >= 0.6 is 11.3 Å². The molecule has 1 N–H and O–H groups in total. The number of carbonyl (C=O) groups is 1. The zero-order valence-electron chi connectivity index (χ0n) is 14.7. The fraction of sp³-hybridized carbons (Fsp3) is 0.150. The summed E-state index contributed by atoms with van der Waals surface area (Å²) in [6, 6.07) is 18.6. The maximum Gasteiger partial charge on any atom is 0.251 e. The zero-order valence-corrected chi connectivity index (χ0v) is 16.3. The van der Waals surface area contributed by atoms with Gasteiger partial charge in [-0.05, 0) is 47.8 Å². The maximum absolute atomic E-state index is 13.2. The van der Waals surface area contributed by atoms with Crippen LogP contribution in [0, 0.1) is 0 Å². The molecule has 0 aliphatic carbocycles. The standard InChI is InChI=1S/C20H19NO4S2/c1-25-16-9-11-17(12-10-16)27(23,24)19(18-8-5-13-26-18)14-21-20(22)15-6-3-2-4-7-15/h2-13,19H,14H2,1H3,(H,21,22)/t19-/m1/s1. The Balaban J connectivity index is 1.86. The molecule has 7 heteroatoms. The minimum absolute atomic E-state index is 0.0113. The third-order valence-corrected chi connectivity index (χ3v) is 7.34. The molecule has 0 radical (unpaired) electrons. The summed E-state index contributed by atoms with van der Waals surface area (Å²) in [7, 11) is -2.16. The second kappa shape index (κ2) is 8.37. The average Bonchev–Trinajstić information content (AvgIpc) is 3.23. The third-order valence-electron chi connectivity index (χ3n) is 4.11. The van der Waals surface area contributed by atoms with Gasteiger partial charge in [-0.1, -0.05) is 24.3 Å². The van der Waals surface area contributed by atoms with Gasteiger partial charge in [0.25, 0.3) is 5.91 Å². The van der Waals surface area contributed by atoms with Gasteiger partial charge in [0.2, 0.25) is 0 Å². The summed E-state index contributed by atoms with van der Waals surface area (Å²) in [5, 5.41) is 3.71. The number of methoxy groups -OCH3 is 1. The van der Waals surface area contributed by atoms with Gasteiger partial charge in [0.1, 0.15) is 11.0 Å². The van der Waals surface area contributed by atoms with Gasteiger partial charge < -0.3 is 10.1 Å². The number of ether oxygens (including phenoxy) is 1. The first-order valence-corrected chi connectivity index (χ1v) is 10.7. The van der Waals surface area contributed by atoms with E-state index in [1.807, 2.05) is 11.4 Å². The smallest absolute Gasteiger partial charge is 0.251 e. The Morgan fingerprint density at radius 3 is 2.33 bits per heavy atom. The molecule has 2 aromatic carbocycles. The topological polar surface area (TPSA) is 72.5 Å². The lowest BCUT2D eigenvalue weighted by molar-refractivity contribution is 0.0953. The normalized spacial score (nSPS) is 12.3. The molecule has 1 atom stereocenters. The van der Waals surface area contributed by atoms with E-state index in [9.17, 15) is 13.2 Å². The molecule has 0 bridgehead atoms. The van der Waals surface area contributed by atoms with Gasteiger partial charge in [-0.2, -0.15) is 0 Å². The molecular formula is C20H19NO4S2. The van der Waals surface area contributed by atoms with Crippen LogP contribution in [0.25, 0.3) is 0 Å². The van der Waals surface area contributed by atoms with Crippen LogP contribution in [0.15, 0.2) is 77.0 Å². The van der Waals surface area contributed by atoms with E-state index < -0.39 is 15.1 Å². The highest BCUT2D eigenvalue weighted by molar-refractivity contribution is 7.91. The van der Waals surface area contributed by atoms with Crippen molar-refractivity contribution in [1.29, 1.82) is 0 Å². The predicted molar refractivity (Wildman–Crippen MR) is 106 cm³/mol. The van der Waals surface area contributed by atoms with Crippen LogP contribution in [0.3, 0.4) is 0 Å². The van der Waals surface area contributed by atoms with Crippen LogP contribution < -0.4 is 10.1 Å². The van der Waals surface area contributed by atoms with Crippen LogP contribution in [0.4, 0.5) is 0 Å². The number of carbonyl (C=O) groups excluding carboxylic acids is 1. The summed E-state index contributed by atoms with van der Waals surface area (Å²) in [6.45, 7) is -0.0113. The van der Waals surface area contributed by atoms with Crippen molar-refractivity contribution in [2.24, 2.45) is 0 Å². The monoisotopic (exact) mass is 401 g/mol. The Morgan fingerprint density at radius 1 is 1.04 bits per heavy atom. The lowest BCUT2D eigenvalue weighted by Crippen LogP contribution is -2.31. The SMILES string of the molecule is COc1ccc(S(=O)(=O)[C@H](CNC(=O)c2ccccc2)c2cccs2)cc1. The minimum atomic E-state index is -3.69. The second-order valence-electron chi connectivity index (χ2n) is 5.80. The molecule has 0 saturated carbocycles. The van der Waals surface area contributed by atoms with Crippen LogP contribution in [0.5, 0.6) is 5.75 Å². The molecule has 1 heterocycles. The van der Waals surface area contributed by atoms with Gasteiger partial charge in [0.15, 0.2) is 9.84 Å². The summed E-state index contributed by atoms with van der Waals surface area (Å²) in [5.41, 5.74) is 0.490. The highest BCUT2D eigenvalue weighted by Gasteiger charge is 2.30. The van der Waals surface area contributed by atoms with Crippen molar-refractivity contribution < 1.29 is 17.9 Å². The fourth-order valence-electron chi connectivity index (χ4n) is 2.64. The van der Waals surface area contributed by atoms with Crippen molar-refractivity contribution in [3.05, 3.63) is 82.6 Å². The van der Waals surface area contributed by atoms with Crippen molar-refractivity contribution in [2.45, 2.75) is 10.1 Å². The molecule has 0 aliphatic rings. The number of thiophene rings is 1. The van der Waals surface area contributed by atoms with E-state index in [1.165, 1.54) is 30.6 Å². The zero-order chi connectivity index (χ0) is 19.3. The van der Waals surface area contributed by atoms with Gasteiger partial charge in [0.05, 0.1) is 12.0 Å². The number of hydrogen-bond donors (Lipinski definition) is 1. The van der Waals surface area contributed by atoms with E-state index in [0.717, 1.165) is 0 Å². The molecule has 0 unspecified atom stereocenters. The molecule has 27 heavy (non-hydrogen) atoms. The van der Waals surface area contributed by atoms with E-state index in [-0.39, 0.29) is 17.3 Å². The van der Waals surface area contributed by atoms with Crippen molar-refractivity contribution >= 4 is 27.1 Å². The number of amides is 1. The summed E-state index contributed by atoms with van der Waals surface area (Å²) in [6.07, 6.45) is 0. The molecule has 140 valence electrons. The largest absolute Gasteiger partial charge is 0.497 e. The number of hydrogen-bond acceptors (Lipinski definition) is 5. The molecule has 1 amide bonds. The quantitative estimate of drug-likeness (QED) is 0.655. The lowest BCUT2D eigenvalue weighted by atomic mass is 10.2. The molecule has 1 aromatic heterocycles. The van der Waals surface area contributed by atoms with Crippen LogP contribution in [-0.2, 0) is 9.84 Å². The van der Waals surface area contributed by atoms with Crippen molar-refractivity contribution in [2.75, 3.05) is 13.7 Å². The Hall–Kier alpha value is -2.64. The van der Waals surface area contributed by atoms with Crippen molar-refractivity contribution in [3.63, 3.8) is 0 Å². The Labute approximate surface area is 162 Å². The first-order valence-electron chi connectivity index (χ1n) is 8.27. The average molecular weight is 402 g/mol. The summed E-state index contributed by atoms with van der Waals surface area (Å²) in [4.78, 5) is 13.2. The molecule has 0 saturated heterocycles. The van der Waals surface area contributed by atoms with E-state index in [0.29, 0.717) is 16.2 Å². The molecule has 5 nitrogen and oxygen atoms in total. The Bertz CT molecular complexity index is 982. The van der Waals surface area contributed by atoms with E-state index in [1.54, 1.807) is 48.5 Å². The Morgan fingerprint density at radius 2 is 1.74 bits per heavy atom. The van der Waals surface area contributed by atoms with Gasteiger partial charge in [0, 0.05) is 17.0 Å². The lowest BCUT2D eigenvalue weighted by Gasteiger charge is -2.18. The van der Waals surface area contributed by atoms with Crippen LogP contribution in [0.1, 0.15) is 20.5 Å². The Kier molecular flexibility index (Phi) is 5.93. The predicted octanol–water partition coefficient (Wildman–Crippen LogP) is 3.70. The maximum atomic E-state index is 13.2. The summed E-state index contributed by atoms with van der Waals surface area (Å²) < 4.78 is 31.5. The van der Waals surface area contributed by atoms with E-state index in [4.69, 9.17) is 4.74 Å². The number of rotatable bonds is 7. The second-order valence-corrected chi connectivity index (χ2v) is 8.91. The summed E-state index contributed by atoms with van der Waals surface area (Å²) >= 11 is 1.35. The van der Waals surface area contributed by atoms with E-state index in [2.05, 4.69) is 5.32 Å². The minimum Gasteiger partial charge on any atom is -0.497 e. The highest BCUT2D eigenvalue weighted by atomic mass is 32.2. The van der Waals surface area contributed by atoms with Crippen molar-refractivity contribution in [3.8, 4) is 5.75 Å². The number of nitrogens with one attached hydrogen (secondary N) is 1. The number of sulfone groups is 1. The van der Waals surface area contributed by atoms with Gasteiger partial charge in [-0.3, -0.25) is 4.79 Å². The fourth-order valence-corrected chi connectivity index (χ4v) is 5.43. The molecule has 3 rings (SSSR count). The molecule has 0 fully saturated rings. The first-order chi connectivity index (χ1) is 13.0.